The zero-order valence-corrected chi connectivity index (χ0v) is 6.79. The molecule has 0 saturated carbocycles. The van der Waals surface area contributed by atoms with Gasteiger partial charge in [-0.3, -0.25) is 0 Å². The fourth-order valence-electron chi connectivity index (χ4n) is 0.572. The first-order chi connectivity index (χ1) is 5.43. The molecule has 0 aromatic heterocycles. The number of rotatable bonds is 3. The van der Waals surface area contributed by atoms with Crippen molar-refractivity contribution in [2.24, 2.45) is 0 Å². The van der Waals surface area contributed by atoms with Gasteiger partial charge >= 0.3 is 12.2 Å². The van der Waals surface area contributed by atoms with Gasteiger partial charge in [0.2, 0.25) is 0 Å². The molecule has 0 heterocycles. The molecule has 69 valence electrons. The van der Waals surface area contributed by atoms with Gasteiger partial charge in [0.15, 0.2) is 0 Å². The fraction of sp³-hybridized carbons (Fsp3) is 0.500. The standard InChI is InChI=1S/C6H11N2O4/c1-3(2)4(7-5(9)10)8-6(11)12/h4,7-8H,1-2H3,(H,9,10)(H,11,12). The summed E-state index contributed by atoms with van der Waals surface area (Å²) >= 11 is 0. The molecule has 4 N–H and O–H groups in total. The van der Waals surface area contributed by atoms with Gasteiger partial charge in [0.25, 0.3) is 0 Å². The van der Waals surface area contributed by atoms with Crippen LogP contribution in [0.4, 0.5) is 9.59 Å². The van der Waals surface area contributed by atoms with Crippen molar-refractivity contribution < 1.29 is 19.8 Å². The lowest BCUT2D eigenvalue weighted by Gasteiger charge is -2.19. The van der Waals surface area contributed by atoms with Crippen molar-refractivity contribution in [3.63, 3.8) is 0 Å². The van der Waals surface area contributed by atoms with Crippen molar-refractivity contribution in [2.75, 3.05) is 0 Å². The number of carbonyl (C=O) groups is 2. The molecule has 0 rings (SSSR count). The minimum atomic E-state index is -1.27. The van der Waals surface area contributed by atoms with Gasteiger partial charge in [-0.15, -0.1) is 0 Å². The van der Waals surface area contributed by atoms with E-state index in [0.29, 0.717) is 5.92 Å². The maximum atomic E-state index is 10.1. The summed E-state index contributed by atoms with van der Waals surface area (Å²) in [5, 5.41) is 20.6. The lowest BCUT2D eigenvalue weighted by Crippen LogP contribution is -2.49. The van der Waals surface area contributed by atoms with Crippen LogP contribution in [-0.4, -0.2) is 28.6 Å². The number of amides is 2. The highest BCUT2D eigenvalue weighted by Crippen LogP contribution is 2.00. The van der Waals surface area contributed by atoms with Gasteiger partial charge in [-0.25, -0.2) is 9.59 Å². The van der Waals surface area contributed by atoms with E-state index >= 15 is 0 Å². The molecule has 6 nitrogen and oxygen atoms in total. The van der Waals surface area contributed by atoms with Crippen molar-refractivity contribution in [2.45, 2.75) is 20.0 Å². The highest BCUT2D eigenvalue weighted by atomic mass is 16.4. The summed E-state index contributed by atoms with van der Waals surface area (Å²) in [5.41, 5.74) is 0. The minimum absolute atomic E-state index is 0.625. The molecule has 0 aromatic rings. The largest absolute Gasteiger partial charge is 0.465 e. The zero-order valence-electron chi connectivity index (χ0n) is 6.79. The number of hydrogen-bond donors (Lipinski definition) is 4. The highest BCUT2D eigenvalue weighted by molar-refractivity contribution is 5.69. The molecule has 12 heavy (non-hydrogen) atoms. The van der Waals surface area contributed by atoms with Crippen LogP contribution in [0.2, 0.25) is 0 Å². The van der Waals surface area contributed by atoms with Gasteiger partial charge in [0.1, 0.15) is 6.17 Å². The summed E-state index contributed by atoms with van der Waals surface area (Å²) < 4.78 is 0. The van der Waals surface area contributed by atoms with Crippen LogP contribution in [-0.2, 0) is 0 Å². The van der Waals surface area contributed by atoms with Gasteiger partial charge in [-0.2, -0.15) is 0 Å². The van der Waals surface area contributed by atoms with Gasteiger partial charge in [0.05, 0.1) is 0 Å². The van der Waals surface area contributed by atoms with Crippen LogP contribution in [0.15, 0.2) is 0 Å². The fourth-order valence-corrected chi connectivity index (χ4v) is 0.572. The maximum Gasteiger partial charge on any atom is 0.406 e. The van der Waals surface area contributed by atoms with Crippen LogP contribution in [0.3, 0.4) is 0 Å². The predicted molar refractivity (Wildman–Crippen MR) is 40.7 cm³/mol. The van der Waals surface area contributed by atoms with E-state index in [4.69, 9.17) is 10.2 Å². The molecule has 0 spiro atoms. The Hall–Kier alpha value is -1.46. The summed E-state index contributed by atoms with van der Waals surface area (Å²) in [4.78, 5) is 20.3. The Bertz CT molecular complexity index is 164. The Morgan fingerprint density at radius 1 is 1.08 bits per heavy atom. The van der Waals surface area contributed by atoms with Crippen molar-refractivity contribution >= 4 is 12.2 Å². The topological polar surface area (TPSA) is 98.7 Å². The lowest BCUT2D eigenvalue weighted by molar-refractivity contribution is 0.177. The normalized spacial score (nSPS) is 10.0. The molecule has 0 saturated heterocycles. The van der Waals surface area contributed by atoms with Crippen LogP contribution in [0.1, 0.15) is 13.8 Å². The summed E-state index contributed by atoms with van der Waals surface area (Å²) in [6.07, 6.45) is -3.38. The average Bonchev–Trinajstić information content (AvgIpc) is 1.83. The van der Waals surface area contributed by atoms with E-state index in [0.717, 1.165) is 0 Å². The van der Waals surface area contributed by atoms with Crippen LogP contribution in [0.5, 0.6) is 0 Å². The van der Waals surface area contributed by atoms with Gasteiger partial charge < -0.3 is 20.8 Å². The SMILES string of the molecule is C[C](C)C(NC(=O)O)NC(=O)O. The Balaban J connectivity index is 4.04. The molecule has 0 aliphatic rings. The number of hydrogen-bond acceptors (Lipinski definition) is 2. The second-order valence-electron chi connectivity index (χ2n) is 2.41. The van der Waals surface area contributed by atoms with Gasteiger partial charge in [0, 0.05) is 5.92 Å². The first-order valence-corrected chi connectivity index (χ1v) is 3.22. The van der Waals surface area contributed by atoms with Crippen molar-refractivity contribution in [1.29, 1.82) is 0 Å². The van der Waals surface area contributed by atoms with E-state index in [-0.39, 0.29) is 0 Å². The third-order valence-electron chi connectivity index (χ3n) is 1.11. The molecule has 0 atom stereocenters. The van der Waals surface area contributed by atoms with E-state index < -0.39 is 18.4 Å². The molecule has 6 heteroatoms. The molecule has 0 fully saturated rings. The van der Waals surface area contributed by atoms with Crippen molar-refractivity contribution in [1.82, 2.24) is 10.6 Å². The second-order valence-corrected chi connectivity index (χ2v) is 2.41. The average molecular weight is 175 g/mol. The molecule has 0 aliphatic heterocycles. The van der Waals surface area contributed by atoms with E-state index in [1.54, 1.807) is 13.8 Å². The molecule has 0 unspecified atom stereocenters. The van der Waals surface area contributed by atoms with Crippen LogP contribution in [0.25, 0.3) is 0 Å². The number of nitrogens with one attached hydrogen (secondary N) is 2. The molecular weight excluding hydrogens is 164 g/mol. The third kappa shape index (κ3) is 4.37. The maximum absolute atomic E-state index is 10.1. The Morgan fingerprint density at radius 2 is 1.42 bits per heavy atom. The molecule has 0 aromatic carbocycles. The van der Waals surface area contributed by atoms with E-state index in [2.05, 4.69) is 0 Å². The van der Waals surface area contributed by atoms with Gasteiger partial charge in [-0.05, 0) is 0 Å². The summed E-state index contributed by atoms with van der Waals surface area (Å²) in [6.45, 7) is 3.24. The van der Waals surface area contributed by atoms with Crippen LogP contribution in [0, 0.1) is 5.92 Å². The summed E-state index contributed by atoms with van der Waals surface area (Å²) in [7, 11) is 0. The first-order valence-electron chi connectivity index (χ1n) is 3.22. The van der Waals surface area contributed by atoms with E-state index in [1.165, 1.54) is 0 Å². The predicted octanol–water partition coefficient (Wildman–Crippen LogP) is 0.462. The Labute approximate surface area is 69.6 Å². The smallest absolute Gasteiger partial charge is 0.406 e. The Kier molecular flexibility index (Phi) is 3.89. The third-order valence-corrected chi connectivity index (χ3v) is 1.11. The first kappa shape index (κ1) is 10.5. The molecule has 0 bridgehead atoms. The molecular formula is C6H11N2O4. The van der Waals surface area contributed by atoms with E-state index in [1.807, 2.05) is 10.6 Å². The van der Waals surface area contributed by atoms with Crippen molar-refractivity contribution in [3.05, 3.63) is 5.92 Å². The summed E-state index contributed by atoms with van der Waals surface area (Å²) in [5.74, 6) is 0.625. The van der Waals surface area contributed by atoms with Crippen LogP contribution < -0.4 is 10.6 Å². The lowest BCUT2D eigenvalue weighted by atomic mass is 10.1. The quantitative estimate of drug-likeness (QED) is 0.468. The highest BCUT2D eigenvalue weighted by Gasteiger charge is 2.17. The van der Waals surface area contributed by atoms with E-state index in [9.17, 15) is 9.59 Å². The summed E-state index contributed by atoms with van der Waals surface area (Å²) in [6, 6.07) is 0. The monoisotopic (exact) mass is 175 g/mol. The molecule has 2 amide bonds. The molecule has 0 aliphatic carbocycles. The van der Waals surface area contributed by atoms with Crippen LogP contribution >= 0.6 is 0 Å². The second kappa shape index (κ2) is 4.42. The van der Waals surface area contributed by atoms with Gasteiger partial charge in [-0.1, -0.05) is 13.8 Å². The minimum Gasteiger partial charge on any atom is -0.465 e. The Morgan fingerprint density at radius 3 is 1.58 bits per heavy atom. The zero-order chi connectivity index (χ0) is 9.72. The number of carboxylic acid groups (broad SMARTS) is 2. The molecule has 1 radical (unpaired) electrons. The van der Waals surface area contributed by atoms with Crippen molar-refractivity contribution in [3.8, 4) is 0 Å².